The van der Waals surface area contributed by atoms with Crippen molar-refractivity contribution in [1.82, 2.24) is 15.0 Å². The quantitative estimate of drug-likeness (QED) is 0.605. The Morgan fingerprint density at radius 2 is 2.00 bits per heavy atom. The first-order valence-corrected chi connectivity index (χ1v) is 8.35. The highest BCUT2D eigenvalue weighted by Crippen LogP contribution is 2.64. The average Bonchev–Trinajstić information content (AvgIpc) is 3.06. The van der Waals surface area contributed by atoms with Gasteiger partial charge in [-0.25, -0.2) is 0 Å². The highest BCUT2D eigenvalue weighted by atomic mass is 35.5. The summed E-state index contributed by atoms with van der Waals surface area (Å²) in [5.74, 6) is 0.0362. The minimum atomic E-state index is -1.08. The zero-order valence-electron chi connectivity index (χ0n) is 13.7. The molecule has 0 saturated heterocycles. The van der Waals surface area contributed by atoms with E-state index in [1.165, 1.54) is 0 Å². The second-order valence-electron chi connectivity index (χ2n) is 6.16. The molecule has 0 bridgehead atoms. The topological polar surface area (TPSA) is 103 Å². The van der Waals surface area contributed by atoms with E-state index < -0.39 is 15.7 Å². The second kappa shape index (κ2) is 6.31. The van der Waals surface area contributed by atoms with Gasteiger partial charge in [-0.15, -0.1) is 23.2 Å². The van der Waals surface area contributed by atoms with Crippen molar-refractivity contribution in [2.75, 3.05) is 11.1 Å². The van der Waals surface area contributed by atoms with E-state index in [2.05, 4.69) is 20.3 Å². The van der Waals surface area contributed by atoms with Crippen molar-refractivity contribution < 1.29 is 9.53 Å². The predicted octanol–water partition coefficient (Wildman–Crippen LogP) is 3.13. The van der Waals surface area contributed by atoms with Crippen molar-refractivity contribution in [3.05, 3.63) is 35.7 Å². The number of nitrogens with one attached hydrogen (secondary N) is 1. The summed E-state index contributed by atoms with van der Waals surface area (Å²) in [5.41, 5.74) is 6.68. The second-order valence-corrected chi connectivity index (χ2v) is 7.65. The van der Waals surface area contributed by atoms with Crippen molar-refractivity contribution in [2.24, 2.45) is 5.41 Å². The number of alkyl halides is 2. The summed E-state index contributed by atoms with van der Waals surface area (Å²) in [7, 11) is 0. The summed E-state index contributed by atoms with van der Waals surface area (Å²) in [4.78, 5) is 24.4. The van der Waals surface area contributed by atoms with Crippen molar-refractivity contribution in [2.45, 2.75) is 31.2 Å². The summed E-state index contributed by atoms with van der Waals surface area (Å²) in [5, 5.41) is 3.07. The summed E-state index contributed by atoms with van der Waals surface area (Å²) in [6.07, 6.45) is 0.349. The number of hydrogen-bond acceptors (Lipinski definition) is 7. The van der Waals surface area contributed by atoms with Crippen molar-refractivity contribution in [3.8, 4) is 0 Å². The van der Waals surface area contributed by atoms with E-state index in [9.17, 15) is 4.79 Å². The molecule has 132 valence electrons. The fourth-order valence-electron chi connectivity index (χ4n) is 2.30. The summed E-state index contributed by atoms with van der Waals surface area (Å²) >= 11 is 11.9. The van der Waals surface area contributed by atoms with Crippen LogP contribution in [-0.4, -0.2) is 25.3 Å². The summed E-state index contributed by atoms with van der Waals surface area (Å²) < 4.78 is 4.15. The highest BCUT2D eigenvalue weighted by Gasteiger charge is 2.69. The van der Waals surface area contributed by atoms with E-state index in [1.807, 2.05) is 31.2 Å². The average molecular weight is 382 g/mol. The third kappa shape index (κ3) is 3.62. The van der Waals surface area contributed by atoms with Gasteiger partial charge in [0.1, 0.15) is 9.75 Å². The normalized spacial score (nSPS) is 20.8. The van der Waals surface area contributed by atoms with Gasteiger partial charge in [0.2, 0.25) is 11.9 Å². The van der Waals surface area contributed by atoms with Gasteiger partial charge in [0, 0.05) is 12.1 Å². The molecule has 25 heavy (non-hydrogen) atoms. The molecule has 9 heteroatoms. The van der Waals surface area contributed by atoms with Crippen molar-refractivity contribution in [3.63, 3.8) is 0 Å². The molecule has 3 N–H and O–H groups in total. The van der Waals surface area contributed by atoms with Gasteiger partial charge >= 0.3 is 5.97 Å². The molecule has 3 rings (SSSR count). The first kappa shape index (κ1) is 17.7. The maximum Gasteiger partial charge on any atom is 0.315 e. The number of carbonyl (C=O) groups excluding carboxylic acids is 1. The SMILES string of the molecule is Cc1ccccc1Nc1nc(N)nc(COC(=O)C2(C)CC2(Cl)Cl)n1. The van der Waals surface area contributed by atoms with Gasteiger partial charge < -0.3 is 15.8 Å². The smallest absolute Gasteiger partial charge is 0.315 e. The molecule has 0 aliphatic heterocycles. The Bertz CT molecular complexity index is 830. The molecule has 2 aromatic rings. The Labute approximate surface area is 154 Å². The van der Waals surface area contributed by atoms with E-state index in [0.717, 1.165) is 11.3 Å². The molecule has 1 aromatic heterocycles. The number of halogens is 2. The first-order chi connectivity index (χ1) is 11.7. The lowest BCUT2D eigenvalue weighted by Gasteiger charge is -2.12. The Hall–Kier alpha value is -2.12. The summed E-state index contributed by atoms with van der Waals surface area (Å²) in [6, 6.07) is 7.67. The third-order valence-corrected chi connectivity index (χ3v) is 5.23. The molecule has 1 unspecified atom stereocenters. The number of nitrogen functional groups attached to an aromatic ring is 1. The number of ether oxygens (including phenoxy) is 1. The largest absolute Gasteiger partial charge is 0.457 e. The van der Waals surface area contributed by atoms with Gasteiger partial charge in [-0.05, 0) is 25.5 Å². The van der Waals surface area contributed by atoms with Gasteiger partial charge in [0.05, 0.1) is 0 Å². The van der Waals surface area contributed by atoms with Crippen LogP contribution in [0, 0.1) is 12.3 Å². The molecule has 1 atom stereocenters. The van der Waals surface area contributed by atoms with Crippen LogP contribution in [0.25, 0.3) is 0 Å². The van der Waals surface area contributed by atoms with Gasteiger partial charge in [-0.1, -0.05) is 18.2 Å². The van der Waals surface area contributed by atoms with Gasteiger partial charge in [0.25, 0.3) is 0 Å². The predicted molar refractivity (Wildman–Crippen MR) is 95.7 cm³/mol. The fraction of sp³-hybridized carbons (Fsp3) is 0.375. The number of rotatable bonds is 5. The van der Waals surface area contributed by atoms with E-state index in [4.69, 9.17) is 33.7 Å². The number of aryl methyl sites for hydroxylation is 1. The Morgan fingerprint density at radius 1 is 1.32 bits per heavy atom. The molecular formula is C16H17Cl2N5O2. The number of benzene rings is 1. The van der Waals surface area contributed by atoms with Crippen LogP contribution in [0.15, 0.2) is 24.3 Å². The monoisotopic (exact) mass is 381 g/mol. The lowest BCUT2D eigenvalue weighted by atomic mass is 10.1. The maximum absolute atomic E-state index is 12.1. The molecule has 0 amide bonds. The fourth-order valence-corrected chi connectivity index (χ4v) is 2.99. The maximum atomic E-state index is 12.1. The van der Waals surface area contributed by atoms with Crippen LogP contribution in [-0.2, 0) is 16.1 Å². The molecule has 1 aliphatic carbocycles. The molecule has 7 nitrogen and oxygen atoms in total. The van der Waals surface area contributed by atoms with E-state index >= 15 is 0 Å². The number of carbonyl (C=O) groups is 1. The zero-order valence-corrected chi connectivity index (χ0v) is 15.2. The highest BCUT2D eigenvalue weighted by molar-refractivity contribution is 6.53. The molecule has 0 spiro atoms. The number of anilines is 3. The number of para-hydroxylation sites is 1. The zero-order chi connectivity index (χ0) is 18.2. The molecule has 1 fully saturated rings. The molecule has 1 saturated carbocycles. The van der Waals surface area contributed by atoms with Gasteiger partial charge in [-0.3, -0.25) is 4.79 Å². The number of aromatic nitrogens is 3. The number of nitrogens with zero attached hydrogens (tertiary/aromatic N) is 3. The van der Waals surface area contributed by atoms with E-state index in [0.29, 0.717) is 6.42 Å². The standard InChI is InChI=1S/C16H17Cl2N5O2/c1-9-5-3-4-6-10(9)20-14-22-11(21-13(19)23-14)7-25-12(24)15(2)8-16(15,17)18/h3-6H,7-8H2,1-2H3,(H3,19,20,21,22,23). The van der Waals surface area contributed by atoms with Crippen LogP contribution >= 0.6 is 23.2 Å². The first-order valence-electron chi connectivity index (χ1n) is 7.59. The van der Waals surface area contributed by atoms with E-state index in [-0.39, 0.29) is 24.3 Å². The van der Waals surface area contributed by atoms with Gasteiger partial charge in [-0.2, -0.15) is 15.0 Å². The van der Waals surface area contributed by atoms with Crippen molar-refractivity contribution >= 4 is 46.8 Å². The Balaban J connectivity index is 1.70. The van der Waals surface area contributed by atoms with Crippen LogP contribution in [0.1, 0.15) is 24.7 Å². The number of hydrogen-bond donors (Lipinski definition) is 2. The minimum Gasteiger partial charge on any atom is -0.457 e. The molecule has 1 aromatic carbocycles. The molecule has 1 heterocycles. The molecular weight excluding hydrogens is 365 g/mol. The molecule has 0 radical (unpaired) electrons. The Morgan fingerprint density at radius 3 is 2.64 bits per heavy atom. The van der Waals surface area contributed by atoms with Crippen molar-refractivity contribution in [1.29, 1.82) is 0 Å². The van der Waals surface area contributed by atoms with E-state index in [1.54, 1.807) is 6.92 Å². The van der Waals surface area contributed by atoms with Crippen LogP contribution < -0.4 is 11.1 Å². The lowest BCUT2D eigenvalue weighted by molar-refractivity contribution is -0.151. The number of esters is 1. The summed E-state index contributed by atoms with van der Waals surface area (Å²) in [6.45, 7) is 3.46. The molecule has 1 aliphatic rings. The Kier molecular flexibility index (Phi) is 4.47. The minimum absolute atomic E-state index is 0.0267. The van der Waals surface area contributed by atoms with Crippen LogP contribution in [0.2, 0.25) is 0 Å². The number of nitrogens with two attached hydrogens (primary N) is 1. The van der Waals surface area contributed by atoms with Crippen LogP contribution in [0.5, 0.6) is 0 Å². The van der Waals surface area contributed by atoms with Gasteiger partial charge in [0.15, 0.2) is 12.4 Å². The third-order valence-electron chi connectivity index (χ3n) is 4.13. The van der Waals surface area contributed by atoms with Crippen LogP contribution in [0.3, 0.4) is 0 Å². The lowest BCUT2D eigenvalue weighted by Crippen LogP contribution is -2.21. The van der Waals surface area contributed by atoms with Crippen LogP contribution in [0.4, 0.5) is 17.6 Å².